The zero-order valence-electron chi connectivity index (χ0n) is 10.3. The van der Waals surface area contributed by atoms with E-state index in [0.29, 0.717) is 10.0 Å². The molecule has 1 aromatic carbocycles. The molecule has 0 aliphatic carbocycles. The second-order valence-electron chi connectivity index (χ2n) is 4.41. The molecular formula is C14H15Cl2NO. The van der Waals surface area contributed by atoms with Crippen LogP contribution in [0.3, 0.4) is 0 Å². The van der Waals surface area contributed by atoms with Gasteiger partial charge in [-0.2, -0.15) is 0 Å². The van der Waals surface area contributed by atoms with Crippen LogP contribution in [0.15, 0.2) is 34.9 Å². The van der Waals surface area contributed by atoms with E-state index < -0.39 is 0 Å². The van der Waals surface area contributed by atoms with E-state index in [1.165, 1.54) is 0 Å². The molecule has 2 nitrogen and oxygen atoms in total. The number of anilines is 1. The van der Waals surface area contributed by atoms with Gasteiger partial charge in [0.25, 0.3) is 0 Å². The third-order valence-electron chi connectivity index (χ3n) is 2.74. The number of halogens is 2. The molecule has 2 aromatic rings. The molecule has 0 aliphatic heterocycles. The Bertz CT molecular complexity index is 523. The van der Waals surface area contributed by atoms with Crippen molar-refractivity contribution in [2.24, 2.45) is 0 Å². The van der Waals surface area contributed by atoms with E-state index in [1.807, 2.05) is 31.2 Å². The van der Waals surface area contributed by atoms with Crippen LogP contribution in [-0.4, -0.2) is 6.04 Å². The van der Waals surface area contributed by atoms with Gasteiger partial charge in [0.2, 0.25) is 0 Å². The summed E-state index contributed by atoms with van der Waals surface area (Å²) in [5.74, 6) is 0.948. The Labute approximate surface area is 117 Å². The van der Waals surface area contributed by atoms with Crippen molar-refractivity contribution in [3.05, 3.63) is 51.9 Å². The third kappa shape index (κ3) is 3.21. The van der Waals surface area contributed by atoms with Crippen LogP contribution in [0.1, 0.15) is 18.2 Å². The fraction of sp³-hybridized carbons (Fsp3) is 0.286. The van der Waals surface area contributed by atoms with Gasteiger partial charge in [-0.05, 0) is 43.7 Å². The Balaban J connectivity index is 2.07. The molecule has 96 valence electrons. The lowest BCUT2D eigenvalue weighted by atomic mass is 10.1. The standard InChI is InChI=1S/C14H15Cl2NO/c1-9-6-13(16)14(8-12(9)15)17-10(2)7-11-4-3-5-18-11/h3-6,8,10,17H,7H2,1-2H3. The lowest BCUT2D eigenvalue weighted by Crippen LogP contribution is -2.18. The molecule has 0 bridgehead atoms. The van der Waals surface area contributed by atoms with Crippen LogP contribution in [0.5, 0.6) is 0 Å². The van der Waals surface area contributed by atoms with Crippen LogP contribution >= 0.6 is 23.2 Å². The second-order valence-corrected chi connectivity index (χ2v) is 5.22. The molecule has 0 aliphatic rings. The van der Waals surface area contributed by atoms with Crippen molar-refractivity contribution in [2.75, 3.05) is 5.32 Å². The number of hydrogen-bond donors (Lipinski definition) is 1. The summed E-state index contributed by atoms with van der Waals surface area (Å²) in [7, 11) is 0. The fourth-order valence-corrected chi connectivity index (χ4v) is 2.24. The van der Waals surface area contributed by atoms with Crippen molar-refractivity contribution in [1.29, 1.82) is 0 Å². The van der Waals surface area contributed by atoms with Crippen molar-refractivity contribution in [3.8, 4) is 0 Å². The SMILES string of the molecule is Cc1cc(Cl)c(NC(C)Cc2ccco2)cc1Cl. The minimum atomic E-state index is 0.215. The second kappa shape index (κ2) is 5.68. The molecule has 1 aromatic heterocycles. The molecule has 1 unspecified atom stereocenters. The third-order valence-corrected chi connectivity index (χ3v) is 3.46. The van der Waals surface area contributed by atoms with Crippen molar-refractivity contribution in [3.63, 3.8) is 0 Å². The van der Waals surface area contributed by atoms with Gasteiger partial charge in [-0.15, -0.1) is 0 Å². The highest BCUT2D eigenvalue weighted by Crippen LogP contribution is 2.29. The van der Waals surface area contributed by atoms with Gasteiger partial charge >= 0.3 is 0 Å². The largest absolute Gasteiger partial charge is 0.469 e. The Hall–Kier alpha value is -1.12. The van der Waals surface area contributed by atoms with E-state index >= 15 is 0 Å². The summed E-state index contributed by atoms with van der Waals surface area (Å²) in [6, 6.07) is 7.79. The van der Waals surface area contributed by atoms with E-state index in [0.717, 1.165) is 23.4 Å². The summed E-state index contributed by atoms with van der Waals surface area (Å²) in [4.78, 5) is 0. The first-order valence-corrected chi connectivity index (χ1v) is 6.56. The lowest BCUT2D eigenvalue weighted by molar-refractivity contribution is 0.498. The smallest absolute Gasteiger partial charge is 0.105 e. The first-order valence-electron chi connectivity index (χ1n) is 5.81. The van der Waals surface area contributed by atoms with Gasteiger partial charge in [-0.3, -0.25) is 0 Å². The van der Waals surface area contributed by atoms with Crippen LogP contribution in [0, 0.1) is 6.92 Å². The predicted molar refractivity (Wildman–Crippen MR) is 76.7 cm³/mol. The van der Waals surface area contributed by atoms with Gasteiger partial charge in [-0.1, -0.05) is 23.2 Å². The Morgan fingerprint density at radius 3 is 2.72 bits per heavy atom. The molecular weight excluding hydrogens is 269 g/mol. The molecule has 1 N–H and O–H groups in total. The van der Waals surface area contributed by atoms with Crippen molar-refractivity contribution in [1.82, 2.24) is 0 Å². The summed E-state index contributed by atoms with van der Waals surface area (Å²) in [6.45, 7) is 4.01. The highest BCUT2D eigenvalue weighted by atomic mass is 35.5. The maximum atomic E-state index is 6.18. The molecule has 0 radical (unpaired) electrons. The van der Waals surface area contributed by atoms with E-state index in [9.17, 15) is 0 Å². The summed E-state index contributed by atoms with van der Waals surface area (Å²) < 4.78 is 5.32. The van der Waals surface area contributed by atoms with Gasteiger partial charge in [0.05, 0.1) is 17.0 Å². The maximum absolute atomic E-state index is 6.18. The number of benzene rings is 1. The fourth-order valence-electron chi connectivity index (χ4n) is 1.80. The number of aryl methyl sites for hydroxylation is 1. The first-order chi connectivity index (χ1) is 8.56. The van der Waals surface area contributed by atoms with Crippen molar-refractivity contribution < 1.29 is 4.42 Å². The van der Waals surface area contributed by atoms with Crippen molar-refractivity contribution >= 4 is 28.9 Å². The highest BCUT2D eigenvalue weighted by molar-refractivity contribution is 6.35. The predicted octanol–water partition coefficient (Wildman–Crippen LogP) is 4.94. The number of rotatable bonds is 4. The number of nitrogens with one attached hydrogen (secondary N) is 1. The molecule has 4 heteroatoms. The molecule has 0 saturated heterocycles. The van der Waals surface area contributed by atoms with Crippen LogP contribution in [0.25, 0.3) is 0 Å². The van der Waals surface area contributed by atoms with Crippen LogP contribution in [0.2, 0.25) is 10.0 Å². The lowest BCUT2D eigenvalue weighted by Gasteiger charge is -2.16. The molecule has 0 spiro atoms. The normalized spacial score (nSPS) is 12.4. The first kappa shape index (κ1) is 13.3. The summed E-state index contributed by atoms with van der Waals surface area (Å²) in [6.07, 6.45) is 2.48. The Morgan fingerprint density at radius 2 is 2.06 bits per heavy atom. The monoisotopic (exact) mass is 283 g/mol. The van der Waals surface area contributed by atoms with E-state index in [2.05, 4.69) is 12.2 Å². The molecule has 1 heterocycles. The molecule has 0 amide bonds. The number of hydrogen-bond acceptors (Lipinski definition) is 2. The average molecular weight is 284 g/mol. The minimum absolute atomic E-state index is 0.215. The molecule has 0 saturated carbocycles. The van der Waals surface area contributed by atoms with Gasteiger partial charge < -0.3 is 9.73 Å². The molecule has 0 fully saturated rings. The van der Waals surface area contributed by atoms with Crippen LogP contribution < -0.4 is 5.32 Å². The zero-order valence-corrected chi connectivity index (χ0v) is 11.8. The van der Waals surface area contributed by atoms with Gasteiger partial charge in [0.15, 0.2) is 0 Å². The minimum Gasteiger partial charge on any atom is -0.469 e. The topological polar surface area (TPSA) is 25.2 Å². The number of furan rings is 1. The van der Waals surface area contributed by atoms with E-state index in [4.69, 9.17) is 27.6 Å². The summed E-state index contributed by atoms with van der Waals surface area (Å²) in [5.41, 5.74) is 1.83. The van der Waals surface area contributed by atoms with Gasteiger partial charge in [0.1, 0.15) is 5.76 Å². The molecule has 18 heavy (non-hydrogen) atoms. The summed E-state index contributed by atoms with van der Waals surface area (Å²) in [5, 5.41) is 4.74. The van der Waals surface area contributed by atoms with E-state index in [1.54, 1.807) is 6.26 Å². The zero-order chi connectivity index (χ0) is 13.1. The van der Waals surface area contributed by atoms with Gasteiger partial charge in [0, 0.05) is 17.5 Å². The van der Waals surface area contributed by atoms with Gasteiger partial charge in [-0.25, -0.2) is 0 Å². The average Bonchev–Trinajstić information content (AvgIpc) is 2.78. The molecule has 2 rings (SSSR count). The Kier molecular flexibility index (Phi) is 4.20. The summed E-state index contributed by atoms with van der Waals surface area (Å²) >= 11 is 12.3. The highest BCUT2D eigenvalue weighted by Gasteiger charge is 2.09. The van der Waals surface area contributed by atoms with Crippen LogP contribution in [0.4, 0.5) is 5.69 Å². The molecule has 1 atom stereocenters. The van der Waals surface area contributed by atoms with Crippen molar-refractivity contribution in [2.45, 2.75) is 26.3 Å². The quantitative estimate of drug-likeness (QED) is 0.860. The maximum Gasteiger partial charge on any atom is 0.105 e. The Morgan fingerprint density at radius 1 is 1.28 bits per heavy atom. The van der Waals surface area contributed by atoms with E-state index in [-0.39, 0.29) is 6.04 Å². The van der Waals surface area contributed by atoms with Crippen LogP contribution in [-0.2, 0) is 6.42 Å².